The number of benzene rings is 1. The Balaban J connectivity index is 2.07. The lowest BCUT2D eigenvalue weighted by Gasteiger charge is -2.12. The first-order chi connectivity index (χ1) is 9.09. The maximum absolute atomic E-state index is 12.4. The molecule has 1 aliphatic carbocycles. The van der Waals surface area contributed by atoms with Crippen LogP contribution in [0.25, 0.3) is 0 Å². The number of carbonyl (C=O) groups is 2. The van der Waals surface area contributed by atoms with Crippen LogP contribution in [0.5, 0.6) is 0 Å². The smallest absolute Gasteiger partial charge is 0.284 e. The lowest BCUT2D eigenvalue weighted by Crippen LogP contribution is -2.23. The number of carbonyl (C=O) groups excluding carboxylic acids is 2. The Hall–Kier alpha value is -2.43. The monoisotopic (exact) mass is 255 g/mol. The van der Waals surface area contributed by atoms with Crippen molar-refractivity contribution in [3.05, 3.63) is 53.1 Å². The third-order valence-electron chi connectivity index (χ3n) is 3.60. The van der Waals surface area contributed by atoms with Crippen LogP contribution in [0, 0.1) is 6.92 Å². The molecule has 2 N–H and O–H groups in total. The molecule has 0 spiro atoms. The lowest BCUT2D eigenvalue weighted by molar-refractivity contribution is 0.0931. The van der Waals surface area contributed by atoms with E-state index < -0.39 is 11.9 Å². The van der Waals surface area contributed by atoms with Crippen molar-refractivity contribution in [1.29, 1.82) is 0 Å². The molecule has 2 aromatic rings. The third-order valence-corrected chi connectivity index (χ3v) is 3.60. The number of aryl methyl sites for hydroxylation is 1. The number of Topliss-reactive ketones (excluding diaryl/α,β-unsaturated/α-hetero) is 1. The highest BCUT2D eigenvalue weighted by Crippen LogP contribution is 2.32. The van der Waals surface area contributed by atoms with Gasteiger partial charge in [-0.1, -0.05) is 18.2 Å². The predicted molar refractivity (Wildman–Crippen MR) is 69.0 cm³/mol. The highest BCUT2D eigenvalue weighted by Gasteiger charge is 2.34. The second kappa shape index (κ2) is 4.05. The van der Waals surface area contributed by atoms with E-state index >= 15 is 0 Å². The minimum absolute atomic E-state index is 0.0131. The van der Waals surface area contributed by atoms with E-state index in [0.717, 1.165) is 16.7 Å². The molecule has 1 aliphatic rings. The average Bonchev–Trinajstić information content (AvgIpc) is 2.95. The van der Waals surface area contributed by atoms with Gasteiger partial charge in [0.15, 0.2) is 11.6 Å². The van der Waals surface area contributed by atoms with Crippen molar-refractivity contribution in [2.75, 3.05) is 0 Å². The van der Waals surface area contributed by atoms with Gasteiger partial charge in [-0.25, -0.2) is 4.98 Å². The molecule has 1 aromatic carbocycles. The van der Waals surface area contributed by atoms with Crippen molar-refractivity contribution in [3.8, 4) is 0 Å². The summed E-state index contributed by atoms with van der Waals surface area (Å²) in [4.78, 5) is 27.7. The summed E-state index contributed by atoms with van der Waals surface area (Å²) in [5, 5.41) is 0. The molecule has 1 aromatic heterocycles. The van der Waals surface area contributed by atoms with Gasteiger partial charge in [0.2, 0.25) is 0 Å². The van der Waals surface area contributed by atoms with Gasteiger partial charge in [0, 0.05) is 24.4 Å². The summed E-state index contributed by atoms with van der Waals surface area (Å²) in [7, 11) is 0. The maximum atomic E-state index is 12.4. The standard InChI is InChI=1S/C14H13N3O2/c1-8-3-2-4-9-10(8)7-11(12(9)18)17-6-5-16-14(17)13(15)19/h2-6,11H,7H2,1H3,(H2,15,19). The predicted octanol–water partition coefficient (Wildman–Crippen LogP) is 1.27. The van der Waals surface area contributed by atoms with Crippen molar-refractivity contribution in [2.24, 2.45) is 5.73 Å². The van der Waals surface area contributed by atoms with Gasteiger partial charge in [-0.05, 0) is 18.1 Å². The topological polar surface area (TPSA) is 78.0 Å². The van der Waals surface area contributed by atoms with E-state index in [1.54, 1.807) is 10.8 Å². The van der Waals surface area contributed by atoms with Crippen LogP contribution in [-0.4, -0.2) is 21.2 Å². The van der Waals surface area contributed by atoms with Crippen molar-refractivity contribution >= 4 is 11.7 Å². The Labute approximate surface area is 110 Å². The second-order valence-electron chi connectivity index (χ2n) is 4.71. The third kappa shape index (κ3) is 1.66. The number of nitrogens with two attached hydrogens (primary N) is 1. The number of amides is 1. The molecule has 0 saturated carbocycles. The maximum Gasteiger partial charge on any atom is 0.284 e. The Morgan fingerprint density at radius 1 is 1.47 bits per heavy atom. The molecule has 5 heteroatoms. The fourth-order valence-electron chi connectivity index (χ4n) is 2.65. The second-order valence-corrected chi connectivity index (χ2v) is 4.71. The summed E-state index contributed by atoms with van der Waals surface area (Å²) in [6, 6.07) is 5.27. The first-order valence-corrected chi connectivity index (χ1v) is 6.05. The molecule has 0 bridgehead atoms. The molecule has 1 amide bonds. The summed E-state index contributed by atoms with van der Waals surface area (Å²) in [5.74, 6) is -0.478. The zero-order chi connectivity index (χ0) is 13.6. The number of hydrogen-bond donors (Lipinski definition) is 1. The highest BCUT2D eigenvalue weighted by atomic mass is 16.1. The molecule has 19 heavy (non-hydrogen) atoms. The quantitative estimate of drug-likeness (QED) is 0.877. The van der Waals surface area contributed by atoms with E-state index in [0.29, 0.717) is 6.42 Å². The van der Waals surface area contributed by atoms with Crippen LogP contribution in [0.2, 0.25) is 0 Å². The normalized spacial score (nSPS) is 17.5. The lowest BCUT2D eigenvalue weighted by atomic mass is 10.1. The fraction of sp³-hybridized carbons (Fsp3) is 0.214. The largest absolute Gasteiger partial charge is 0.363 e. The summed E-state index contributed by atoms with van der Waals surface area (Å²) < 4.78 is 1.57. The first kappa shape index (κ1) is 11.6. The Bertz CT molecular complexity index is 688. The number of ketones is 1. The Kier molecular flexibility index (Phi) is 2.48. The van der Waals surface area contributed by atoms with Crippen LogP contribution in [0.15, 0.2) is 30.6 Å². The van der Waals surface area contributed by atoms with E-state index in [9.17, 15) is 9.59 Å². The van der Waals surface area contributed by atoms with Crippen LogP contribution in [0.1, 0.15) is 38.1 Å². The van der Waals surface area contributed by atoms with E-state index in [-0.39, 0.29) is 11.6 Å². The van der Waals surface area contributed by atoms with Gasteiger partial charge in [0.05, 0.1) is 0 Å². The SMILES string of the molecule is Cc1cccc2c1CC(n1ccnc1C(N)=O)C2=O. The van der Waals surface area contributed by atoms with E-state index in [2.05, 4.69) is 4.98 Å². The molecule has 0 radical (unpaired) electrons. The molecule has 5 nitrogen and oxygen atoms in total. The van der Waals surface area contributed by atoms with Gasteiger partial charge in [0.1, 0.15) is 6.04 Å². The van der Waals surface area contributed by atoms with Crippen LogP contribution in [-0.2, 0) is 6.42 Å². The summed E-state index contributed by atoms with van der Waals surface area (Å²) in [5.41, 5.74) is 8.14. The van der Waals surface area contributed by atoms with Gasteiger partial charge in [-0.3, -0.25) is 9.59 Å². The summed E-state index contributed by atoms with van der Waals surface area (Å²) in [6.45, 7) is 1.98. The molecule has 0 fully saturated rings. The van der Waals surface area contributed by atoms with Crippen molar-refractivity contribution in [3.63, 3.8) is 0 Å². The first-order valence-electron chi connectivity index (χ1n) is 6.05. The molecular formula is C14H13N3O2. The number of nitrogens with zero attached hydrogens (tertiary/aromatic N) is 2. The van der Waals surface area contributed by atoms with Gasteiger partial charge in [-0.2, -0.15) is 0 Å². The molecule has 96 valence electrons. The Morgan fingerprint density at radius 2 is 2.26 bits per heavy atom. The van der Waals surface area contributed by atoms with Gasteiger partial charge >= 0.3 is 0 Å². The van der Waals surface area contributed by atoms with Crippen LogP contribution in [0.3, 0.4) is 0 Å². The molecule has 0 saturated heterocycles. The number of rotatable bonds is 2. The van der Waals surface area contributed by atoms with Gasteiger partial charge in [0.25, 0.3) is 5.91 Å². The van der Waals surface area contributed by atoms with Crippen molar-refractivity contribution in [1.82, 2.24) is 9.55 Å². The Morgan fingerprint density at radius 3 is 2.95 bits per heavy atom. The molecule has 1 atom stereocenters. The minimum atomic E-state index is -0.620. The minimum Gasteiger partial charge on any atom is -0.363 e. The number of hydrogen-bond acceptors (Lipinski definition) is 3. The van der Waals surface area contributed by atoms with Gasteiger partial charge < -0.3 is 10.3 Å². The molecule has 3 rings (SSSR count). The molecular weight excluding hydrogens is 242 g/mol. The fourth-order valence-corrected chi connectivity index (χ4v) is 2.65. The van der Waals surface area contributed by atoms with Crippen molar-refractivity contribution < 1.29 is 9.59 Å². The average molecular weight is 255 g/mol. The molecule has 0 aliphatic heterocycles. The number of primary amides is 1. The summed E-state index contributed by atoms with van der Waals surface area (Å²) in [6.07, 6.45) is 3.70. The van der Waals surface area contributed by atoms with Crippen LogP contribution in [0.4, 0.5) is 0 Å². The van der Waals surface area contributed by atoms with Gasteiger partial charge in [-0.15, -0.1) is 0 Å². The highest BCUT2D eigenvalue weighted by molar-refractivity contribution is 6.04. The summed E-state index contributed by atoms with van der Waals surface area (Å²) >= 11 is 0. The zero-order valence-electron chi connectivity index (χ0n) is 10.5. The molecule has 1 unspecified atom stereocenters. The number of aromatic nitrogens is 2. The van der Waals surface area contributed by atoms with E-state index in [1.807, 2.05) is 25.1 Å². The zero-order valence-corrected chi connectivity index (χ0v) is 10.5. The number of imidazole rings is 1. The van der Waals surface area contributed by atoms with Crippen molar-refractivity contribution in [2.45, 2.75) is 19.4 Å². The van der Waals surface area contributed by atoms with Crippen LogP contribution >= 0.6 is 0 Å². The number of fused-ring (bicyclic) bond motifs is 1. The van der Waals surface area contributed by atoms with E-state index in [1.165, 1.54) is 6.20 Å². The molecule has 1 heterocycles. The van der Waals surface area contributed by atoms with E-state index in [4.69, 9.17) is 5.73 Å². The van der Waals surface area contributed by atoms with Crippen LogP contribution < -0.4 is 5.73 Å².